The van der Waals surface area contributed by atoms with E-state index in [0.29, 0.717) is 6.42 Å². The normalized spacial score (nSPS) is 12.2. The number of hydrogen-bond donors (Lipinski definition) is 2. The Morgan fingerprint density at radius 2 is 2.31 bits per heavy atom. The number of carbonyl (C=O) groups is 1. The maximum Gasteiger partial charge on any atom is 0.254 e. The molecule has 0 aliphatic heterocycles. The number of carbonyl (C=O) groups excluding carboxylic acids is 1. The quantitative estimate of drug-likeness (QED) is 0.852. The smallest absolute Gasteiger partial charge is 0.254 e. The number of benzene rings is 1. The first-order valence-electron chi connectivity index (χ1n) is 4.96. The van der Waals surface area contributed by atoms with E-state index in [1.54, 1.807) is 6.92 Å². The van der Waals surface area contributed by atoms with Crippen LogP contribution < -0.4 is 5.32 Å². The number of halogens is 2. The zero-order valence-electron chi connectivity index (χ0n) is 8.84. The van der Waals surface area contributed by atoms with Crippen molar-refractivity contribution in [1.82, 2.24) is 5.32 Å². The molecule has 1 atom stereocenters. The molecule has 0 bridgehead atoms. The first-order chi connectivity index (χ1) is 7.56. The number of nitrogens with one attached hydrogen (secondary N) is 1. The summed E-state index contributed by atoms with van der Waals surface area (Å²) in [5.74, 6) is -1.32. The molecule has 0 fully saturated rings. The highest BCUT2D eigenvalue weighted by molar-refractivity contribution is 6.31. The molecule has 1 rings (SSSR count). The minimum absolute atomic E-state index is 0.0938. The van der Waals surface area contributed by atoms with Gasteiger partial charge in [0.15, 0.2) is 5.82 Å². The van der Waals surface area contributed by atoms with Gasteiger partial charge in [0.25, 0.3) is 5.91 Å². The summed E-state index contributed by atoms with van der Waals surface area (Å²) >= 11 is 5.54. The molecule has 0 saturated carbocycles. The van der Waals surface area contributed by atoms with E-state index in [-0.39, 0.29) is 17.1 Å². The predicted octanol–water partition coefficient (Wildman–Crippen LogP) is 1.98. The fraction of sp³-hybridized carbons (Fsp3) is 0.364. The van der Waals surface area contributed by atoms with Crippen LogP contribution in [0.3, 0.4) is 0 Å². The van der Waals surface area contributed by atoms with E-state index in [1.807, 2.05) is 0 Å². The lowest BCUT2D eigenvalue weighted by atomic mass is 10.2. The third kappa shape index (κ3) is 3.18. The van der Waals surface area contributed by atoms with Crippen molar-refractivity contribution in [3.05, 3.63) is 34.6 Å². The van der Waals surface area contributed by atoms with Gasteiger partial charge >= 0.3 is 0 Å². The molecule has 0 saturated heterocycles. The monoisotopic (exact) mass is 245 g/mol. The van der Waals surface area contributed by atoms with Crippen molar-refractivity contribution in [2.75, 3.05) is 6.54 Å². The molecule has 1 aromatic carbocycles. The largest absolute Gasteiger partial charge is 0.391 e. The summed E-state index contributed by atoms with van der Waals surface area (Å²) in [6.45, 7) is 1.89. The molecule has 88 valence electrons. The Kier molecular flexibility index (Phi) is 4.71. The highest BCUT2D eigenvalue weighted by atomic mass is 35.5. The van der Waals surface area contributed by atoms with Crippen LogP contribution in [0.4, 0.5) is 4.39 Å². The Morgan fingerprint density at radius 3 is 2.94 bits per heavy atom. The first-order valence-corrected chi connectivity index (χ1v) is 5.34. The second kappa shape index (κ2) is 5.82. The zero-order chi connectivity index (χ0) is 12.1. The van der Waals surface area contributed by atoms with Crippen LogP contribution in [0.1, 0.15) is 23.7 Å². The first kappa shape index (κ1) is 12.9. The van der Waals surface area contributed by atoms with Crippen molar-refractivity contribution in [2.24, 2.45) is 0 Å². The van der Waals surface area contributed by atoms with E-state index in [1.165, 1.54) is 18.2 Å². The minimum Gasteiger partial charge on any atom is -0.391 e. The van der Waals surface area contributed by atoms with Gasteiger partial charge in [-0.1, -0.05) is 24.6 Å². The number of aliphatic hydroxyl groups excluding tert-OH is 1. The van der Waals surface area contributed by atoms with Gasteiger partial charge in [-0.05, 0) is 18.6 Å². The van der Waals surface area contributed by atoms with Crippen LogP contribution in [0.25, 0.3) is 0 Å². The second-order valence-electron chi connectivity index (χ2n) is 3.37. The van der Waals surface area contributed by atoms with Gasteiger partial charge in [0.1, 0.15) is 0 Å². The summed E-state index contributed by atoms with van der Waals surface area (Å²) in [5, 5.41) is 11.6. The lowest BCUT2D eigenvalue weighted by molar-refractivity contribution is 0.0910. The Bertz CT molecular complexity index is 384. The molecule has 3 nitrogen and oxygen atoms in total. The van der Waals surface area contributed by atoms with Crippen molar-refractivity contribution < 1.29 is 14.3 Å². The van der Waals surface area contributed by atoms with E-state index in [9.17, 15) is 14.3 Å². The van der Waals surface area contributed by atoms with E-state index in [2.05, 4.69) is 5.32 Å². The van der Waals surface area contributed by atoms with Crippen LogP contribution in [-0.4, -0.2) is 23.7 Å². The number of hydrogen-bond acceptors (Lipinski definition) is 2. The Balaban J connectivity index is 2.70. The summed E-state index contributed by atoms with van der Waals surface area (Å²) in [5.41, 5.74) is -0.115. The molecule has 2 N–H and O–H groups in total. The molecule has 0 aliphatic carbocycles. The Morgan fingerprint density at radius 1 is 1.62 bits per heavy atom. The fourth-order valence-corrected chi connectivity index (χ4v) is 1.30. The summed E-state index contributed by atoms with van der Waals surface area (Å²) < 4.78 is 13.4. The van der Waals surface area contributed by atoms with Gasteiger partial charge in [-0.15, -0.1) is 0 Å². The van der Waals surface area contributed by atoms with Gasteiger partial charge in [-0.2, -0.15) is 0 Å². The van der Waals surface area contributed by atoms with Crippen LogP contribution in [0, 0.1) is 5.82 Å². The molecule has 1 unspecified atom stereocenters. The minimum atomic E-state index is -0.743. The fourth-order valence-electron chi connectivity index (χ4n) is 1.13. The van der Waals surface area contributed by atoms with E-state index in [0.717, 1.165) is 0 Å². The van der Waals surface area contributed by atoms with E-state index < -0.39 is 17.8 Å². The number of amides is 1. The molecule has 5 heteroatoms. The molecular formula is C11H13ClFNO2. The summed E-state index contributed by atoms with van der Waals surface area (Å²) in [7, 11) is 0. The average Bonchev–Trinajstić information content (AvgIpc) is 2.29. The zero-order valence-corrected chi connectivity index (χ0v) is 9.59. The third-order valence-corrected chi connectivity index (χ3v) is 2.46. The van der Waals surface area contributed by atoms with Crippen molar-refractivity contribution >= 4 is 17.5 Å². The number of rotatable bonds is 4. The highest BCUT2D eigenvalue weighted by Gasteiger charge is 2.14. The maximum absolute atomic E-state index is 13.4. The van der Waals surface area contributed by atoms with Gasteiger partial charge in [0.2, 0.25) is 0 Å². The summed E-state index contributed by atoms with van der Waals surface area (Å²) in [6, 6.07) is 4.21. The van der Waals surface area contributed by atoms with Crippen LogP contribution in [-0.2, 0) is 0 Å². The molecule has 0 aromatic heterocycles. The maximum atomic E-state index is 13.4. The topological polar surface area (TPSA) is 49.3 Å². The van der Waals surface area contributed by atoms with E-state index in [4.69, 9.17) is 11.6 Å². The SMILES string of the molecule is CCC(O)CNC(=O)c1cccc(Cl)c1F. The number of aliphatic hydroxyl groups is 1. The van der Waals surface area contributed by atoms with E-state index >= 15 is 0 Å². The van der Waals surface area contributed by atoms with Crippen molar-refractivity contribution in [2.45, 2.75) is 19.4 Å². The molecule has 0 spiro atoms. The summed E-state index contributed by atoms with van der Waals surface area (Å²) in [6.07, 6.45) is -0.0932. The molecule has 16 heavy (non-hydrogen) atoms. The Labute approximate surface area is 98.2 Å². The van der Waals surface area contributed by atoms with Crippen LogP contribution in [0.5, 0.6) is 0 Å². The lowest BCUT2D eigenvalue weighted by Gasteiger charge is -2.10. The van der Waals surface area contributed by atoms with Crippen molar-refractivity contribution in [3.63, 3.8) is 0 Å². The van der Waals surface area contributed by atoms with Gasteiger partial charge in [0.05, 0.1) is 16.7 Å². The van der Waals surface area contributed by atoms with Crippen molar-refractivity contribution in [1.29, 1.82) is 0 Å². The van der Waals surface area contributed by atoms with Gasteiger partial charge in [0, 0.05) is 6.54 Å². The predicted molar refractivity (Wildman–Crippen MR) is 60.0 cm³/mol. The van der Waals surface area contributed by atoms with Gasteiger partial charge in [-0.25, -0.2) is 4.39 Å². The Hall–Kier alpha value is -1.13. The van der Waals surface area contributed by atoms with Crippen LogP contribution in [0.2, 0.25) is 5.02 Å². The standard InChI is InChI=1S/C11H13ClFNO2/c1-2-7(15)6-14-11(16)8-4-3-5-9(12)10(8)13/h3-5,7,15H,2,6H2,1H3,(H,14,16). The van der Waals surface area contributed by atoms with Crippen LogP contribution in [0.15, 0.2) is 18.2 Å². The van der Waals surface area contributed by atoms with Gasteiger partial charge < -0.3 is 10.4 Å². The molecule has 0 aliphatic rings. The highest BCUT2D eigenvalue weighted by Crippen LogP contribution is 2.17. The second-order valence-corrected chi connectivity index (χ2v) is 3.78. The molecule has 1 amide bonds. The molecule has 0 heterocycles. The lowest BCUT2D eigenvalue weighted by Crippen LogP contribution is -2.32. The van der Waals surface area contributed by atoms with Gasteiger partial charge in [-0.3, -0.25) is 4.79 Å². The molecule has 1 aromatic rings. The van der Waals surface area contributed by atoms with Crippen LogP contribution >= 0.6 is 11.6 Å². The average molecular weight is 246 g/mol. The third-order valence-electron chi connectivity index (χ3n) is 2.17. The molecular weight excluding hydrogens is 233 g/mol. The molecule has 0 radical (unpaired) electrons. The summed E-state index contributed by atoms with van der Waals surface area (Å²) in [4.78, 5) is 11.5. The van der Waals surface area contributed by atoms with Crippen molar-refractivity contribution in [3.8, 4) is 0 Å².